The number of nitrogens with one attached hydrogen (secondary N) is 2. The molecule has 0 aliphatic carbocycles. The fraction of sp³-hybridized carbons (Fsp3) is 0.0556. The molecule has 11 heteroatoms. The Labute approximate surface area is 269 Å². The van der Waals surface area contributed by atoms with E-state index in [0.29, 0.717) is 28.7 Å². The molecular weight excluding hydrogens is 604 g/mol. The molecule has 4 N–H and O–H groups in total. The summed E-state index contributed by atoms with van der Waals surface area (Å²) in [6, 6.07) is 28.9. The monoisotopic (exact) mass is 632 g/mol. The summed E-state index contributed by atoms with van der Waals surface area (Å²) in [5.41, 5.74) is 0.657. The minimum absolute atomic E-state index is 0.00832. The van der Waals surface area contributed by atoms with Gasteiger partial charge >= 0.3 is 11.9 Å². The number of hydrogen-bond acceptors (Lipinski definition) is 8. The highest BCUT2D eigenvalue weighted by Gasteiger charge is 2.20. The van der Waals surface area contributed by atoms with E-state index >= 15 is 0 Å². The van der Waals surface area contributed by atoms with Crippen LogP contribution >= 0.6 is 0 Å². The number of benzene rings is 5. The van der Waals surface area contributed by atoms with Crippen molar-refractivity contribution in [1.29, 1.82) is 0 Å². The van der Waals surface area contributed by atoms with Crippen LogP contribution in [0, 0.1) is 0 Å². The number of hydrogen-bond donors (Lipinski definition) is 4. The van der Waals surface area contributed by atoms with Crippen LogP contribution in [0.25, 0.3) is 0 Å². The van der Waals surface area contributed by atoms with Gasteiger partial charge in [0.2, 0.25) is 0 Å². The molecule has 0 aliphatic heterocycles. The average molecular weight is 633 g/mol. The van der Waals surface area contributed by atoms with Crippen molar-refractivity contribution in [2.75, 3.05) is 17.7 Å². The number of amides is 1. The third-order valence-corrected chi connectivity index (χ3v) is 6.83. The Hall–Kier alpha value is -6.62. The summed E-state index contributed by atoms with van der Waals surface area (Å²) in [4.78, 5) is 48.4. The van der Waals surface area contributed by atoms with Crippen LogP contribution < -0.4 is 24.8 Å². The van der Waals surface area contributed by atoms with E-state index in [9.17, 15) is 29.4 Å². The lowest BCUT2D eigenvalue weighted by atomic mass is 10.0. The van der Waals surface area contributed by atoms with Gasteiger partial charge in [-0.05, 0) is 104 Å². The molecule has 0 unspecified atom stereocenters. The quantitative estimate of drug-likeness (QED) is 0.0993. The van der Waals surface area contributed by atoms with Crippen LogP contribution in [0.3, 0.4) is 0 Å². The molecule has 0 radical (unpaired) electrons. The third-order valence-electron chi connectivity index (χ3n) is 6.83. The number of carbonyl (C=O) groups excluding carboxylic acids is 2. The number of anilines is 2. The average Bonchev–Trinajstić information content (AvgIpc) is 3.06. The lowest BCUT2D eigenvalue weighted by molar-refractivity contribution is 0.0683. The standard InChI is InChI=1S/C36H28N2O9/c1-21(39)30-16-14-28(19-32(30)35(41)42)47-29-15-17-31(33(20-29)36(43)44)34(40)38-23-8-12-25(13-9-23)46-27-5-3-4-26(18-27)45-24-10-6-22(37-2)7-11-24/h3-20,37H,1-2H3,(H,38,40)(H,41,42)(H,43,44). The molecule has 236 valence electrons. The van der Waals surface area contributed by atoms with E-state index in [2.05, 4.69) is 10.6 Å². The molecule has 0 saturated heterocycles. The maximum Gasteiger partial charge on any atom is 0.336 e. The Morgan fingerprint density at radius 2 is 0.936 bits per heavy atom. The minimum Gasteiger partial charge on any atom is -0.478 e. The summed E-state index contributed by atoms with van der Waals surface area (Å²) in [5.74, 6) is -1.38. The first-order chi connectivity index (χ1) is 22.6. The molecule has 0 fully saturated rings. The summed E-state index contributed by atoms with van der Waals surface area (Å²) < 4.78 is 17.5. The van der Waals surface area contributed by atoms with Gasteiger partial charge in [0, 0.05) is 30.1 Å². The van der Waals surface area contributed by atoms with E-state index in [0.717, 1.165) is 11.8 Å². The third kappa shape index (κ3) is 7.91. The van der Waals surface area contributed by atoms with Crippen molar-refractivity contribution in [3.63, 3.8) is 0 Å². The number of ether oxygens (including phenoxy) is 3. The summed E-state index contributed by atoms with van der Waals surface area (Å²) >= 11 is 0. The van der Waals surface area contributed by atoms with Gasteiger partial charge in [-0.3, -0.25) is 9.59 Å². The molecule has 0 saturated carbocycles. The molecule has 0 aromatic heterocycles. The predicted octanol–water partition coefficient (Wildman–Crippen LogP) is 7.96. The van der Waals surface area contributed by atoms with Gasteiger partial charge in [0.25, 0.3) is 5.91 Å². The smallest absolute Gasteiger partial charge is 0.336 e. The Morgan fingerprint density at radius 3 is 1.43 bits per heavy atom. The van der Waals surface area contributed by atoms with Gasteiger partial charge in [-0.15, -0.1) is 0 Å². The van der Waals surface area contributed by atoms with E-state index in [-0.39, 0.29) is 33.8 Å². The molecule has 11 nitrogen and oxygen atoms in total. The molecule has 5 aromatic rings. The fourth-order valence-corrected chi connectivity index (χ4v) is 4.54. The highest BCUT2D eigenvalue weighted by Crippen LogP contribution is 2.30. The zero-order valence-corrected chi connectivity index (χ0v) is 25.1. The number of ketones is 1. The SMILES string of the molecule is CNc1ccc(Oc2cccc(Oc3ccc(NC(=O)c4ccc(Oc5ccc(C(C)=O)c(C(=O)O)c5)cc4C(=O)O)cc3)c2)cc1. The van der Waals surface area contributed by atoms with Crippen molar-refractivity contribution in [1.82, 2.24) is 0 Å². The Bertz CT molecular complexity index is 1970. The molecule has 0 heterocycles. The van der Waals surface area contributed by atoms with Gasteiger partial charge in [-0.2, -0.15) is 0 Å². The fourth-order valence-electron chi connectivity index (χ4n) is 4.54. The lowest BCUT2D eigenvalue weighted by Gasteiger charge is -2.12. The van der Waals surface area contributed by atoms with Crippen molar-refractivity contribution in [2.24, 2.45) is 0 Å². The largest absolute Gasteiger partial charge is 0.478 e. The van der Waals surface area contributed by atoms with E-state index < -0.39 is 23.6 Å². The van der Waals surface area contributed by atoms with Crippen molar-refractivity contribution in [2.45, 2.75) is 6.92 Å². The van der Waals surface area contributed by atoms with Gasteiger partial charge in [0.05, 0.1) is 16.7 Å². The summed E-state index contributed by atoms with van der Waals surface area (Å²) in [6.07, 6.45) is 0. The van der Waals surface area contributed by atoms with Crippen LogP contribution in [-0.2, 0) is 0 Å². The highest BCUT2D eigenvalue weighted by atomic mass is 16.5. The summed E-state index contributed by atoms with van der Waals surface area (Å²) in [7, 11) is 1.84. The Kier molecular flexibility index (Phi) is 9.47. The second-order valence-electron chi connectivity index (χ2n) is 10.1. The highest BCUT2D eigenvalue weighted by molar-refractivity contribution is 6.11. The molecule has 47 heavy (non-hydrogen) atoms. The van der Waals surface area contributed by atoms with E-state index in [1.165, 1.54) is 37.3 Å². The van der Waals surface area contributed by atoms with Crippen molar-refractivity contribution >= 4 is 35.0 Å². The second kappa shape index (κ2) is 14.0. The number of rotatable bonds is 12. The molecule has 1 amide bonds. The van der Waals surface area contributed by atoms with E-state index in [1.54, 1.807) is 42.5 Å². The molecular formula is C36H28N2O9. The zero-order valence-electron chi connectivity index (χ0n) is 25.1. The maximum absolute atomic E-state index is 13.1. The molecule has 0 bridgehead atoms. The number of aromatic carboxylic acids is 2. The zero-order chi connectivity index (χ0) is 33.5. The molecule has 0 atom stereocenters. The Morgan fingerprint density at radius 1 is 0.511 bits per heavy atom. The number of carboxylic acid groups (broad SMARTS) is 2. The van der Waals surface area contributed by atoms with E-state index in [4.69, 9.17) is 14.2 Å². The predicted molar refractivity (Wildman–Crippen MR) is 174 cm³/mol. The van der Waals surface area contributed by atoms with Crippen molar-refractivity contribution in [3.8, 4) is 34.5 Å². The number of Topliss-reactive ketones (excluding diaryl/α,β-unsaturated/α-hetero) is 1. The van der Waals surface area contributed by atoms with Crippen molar-refractivity contribution in [3.05, 3.63) is 131 Å². The minimum atomic E-state index is -1.37. The number of carbonyl (C=O) groups is 4. The molecule has 5 rings (SSSR count). The van der Waals surface area contributed by atoms with Crippen LogP contribution in [0.4, 0.5) is 11.4 Å². The van der Waals surface area contributed by atoms with Gasteiger partial charge in [0.1, 0.15) is 34.5 Å². The molecule has 0 aliphatic rings. The van der Waals surface area contributed by atoms with Crippen LogP contribution in [0.5, 0.6) is 34.5 Å². The van der Waals surface area contributed by atoms with Crippen LogP contribution in [0.15, 0.2) is 109 Å². The normalized spacial score (nSPS) is 10.4. The maximum atomic E-state index is 13.1. The van der Waals surface area contributed by atoms with Gasteiger partial charge in [-0.25, -0.2) is 9.59 Å². The van der Waals surface area contributed by atoms with Gasteiger partial charge in [0.15, 0.2) is 5.78 Å². The number of carboxylic acids is 2. The van der Waals surface area contributed by atoms with Crippen LogP contribution in [-0.4, -0.2) is 40.9 Å². The summed E-state index contributed by atoms with van der Waals surface area (Å²) in [6.45, 7) is 1.25. The summed E-state index contributed by atoms with van der Waals surface area (Å²) in [5, 5.41) is 25.0. The lowest BCUT2D eigenvalue weighted by Crippen LogP contribution is -2.16. The Balaban J connectivity index is 1.25. The van der Waals surface area contributed by atoms with Gasteiger partial charge in [-0.1, -0.05) is 6.07 Å². The van der Waals surface area contributed by atoms with Crippen LogP contribution in [0.1, 0.15) is 48.4 Å². The molecule has 0 spiro atoms. The van der Waals surface area contributed by atoms with Gasteiger partial charge < -0.3 is 35.1 Å². The van der Waals surface area contributed by atoms with Crippen molar-refractivity contribution < 1.29 is 43.6 Å². The molecule has 5 aromatic carbocycles. The van der Waals surface area contributed by atoms with E-state index in [1.807, 2.05) is 37.4 Å². The topological polar surface area (TPSA) is 160 Å². The second-order valence-corrected chi connectivity index (χ2v) is 10.1. The first-order valence-corrected chi connectivity index (χ1v) is 14.2. The van der Waals surface area contributed by atoms with Crippen LogP contribution in [0.2, 0.25) is 0 Å². The first kappa shape index (κ1) is 31.8. The first-order valence-electron chi connectivity index (χ1n) is 14.2.